The fourth-order valence-corrected chi connectivity index (χ4v) is 1.95. The maximum Gasteiger partial charge on any atom is 0.435 e. The molecule has 0 aliphatic rings. The van der Waals surface area contributed by atoms with Gasteiger partial charge in [0.15, 0.2) is 0 Å². The Balaban J connectivity index is 3.98. The van der Waals surface area contributed by atoms with Gasteiger partial charge in [-0.2, -0.15) is 0 Å². The third-order valence-corrected chi connectivity index (χ3v) is 1.87. The molecule has 0 fully saturated rings. The van der Waals surface area contributed by atoms with Crippen LogP contribution in [0.2, 0.25) is 0 Å². The molecule has 0 unspecified atom stereocenters. The third-order valence-electron chi connectivity index (χ3n) is 1.42. The fraction of sp³-hybridized carbons (Fsp3) is 1.00. The lowest BCUT2D eigenvalue weighted by atomic mass is 10.1. The zero-order chi connectivity index (χ0) is 8.31. The first-order valence-electron chi connectivity index (χ1n) is 3.52. The second-order valence-electron chi connectivity index (χ2n) is 2.91. The summed E-state index contributed by atoms with van der Waals surface area (Å²) in [6, 6.07) is 0.806. The Kier molecular flexibility index (Phi) is 4.75. The Bertz CT molecular complexity index is 76.7. The molecule has 0 amide bonds. The quantitative estimate of drug-likeness (QED) is 0.606. The van der Waals surface area contributed by atoms with Gasteiger partial charge in [0.2, 0.25) is 0 Å². The van der Waals surface area contributed by atoms with Gasteiger partial charge in [-0.3, -0.25) is 0 Å². The first-order chi connectivity index (χ1) is 4.46. The van der Waals surface area contributed by atoms with Crippen molar-refractivity contribution in [1.29, 1.82) is 0 Å². The van der Waals surface area contributed by atoms with E-state index in [1.807, 2.05) is 4.81 Å². The Hall–Kier alpha value is 0.605. The van der Waals surface area contributed by atoms with Crippen LogP contribution in [0.1, 0.15) is 27.7 Å². The van der Waals surface area contributed by atoms with Crippen molar-refractivity contribution in [1.82, 2.24) is 4.81 Å². The largest absolute Gasteiger partial charge is 0.435 e. The van der Waals surface area contributed by atoms with Crippen molar-refractivity contribution in [3.8, 4) is 0 Å². The molecular weight excluding hydrogens is 168 g/mol. The van der Waals surface area contributed by atoms with Crippen LogP contribution in [0, 0.1) is 0 Å². The zero-order valence-electron chi connectivity index (χ0n) is 6.94. The van der Waals surface area contributed by atoms with E-state index in [0.29, 0.717) is 12.1 Å². The maximum absolute atomic E-state index is 5.73. The highest BCUT2D eigenvalue weighted by atomic mass is 35.5. The summed E-state index contributed by atoms with van der Waals surface area (Å²) in [6.07, 6.45) is 0. The number of rotatable bonds is 3. The Labute approximate surface area is 73.6 Å². The van der Waals surface area contributed by atoms with E-state index in [4.69, 9.17) is 22.9 Å². The monoisotopic (exact) mass is 181 g/mol. The number of halogens is 2. The van der Waals surface area contributed by atoms with Crippen LogP contribution in [-0.2, 0) is 0 Å². The molecular formula is C6H14BCl2N. The molecule has 0 N–H and O–H groups in total. The van der Waals surface area contributed by atoms with Crippen LogP contribution in [0.5, 0.6) is 0 Å². The number of nitrogens with zero attached hydrogens (tertiary/aromatic N) is 1. The van der Waals surface area contributed by atoms with Crippen LogP contribution < -0.4 is 0 Å². The normalized spacial score (nSPS) is 11.7. The van der Waals surface area contributed by atoms with Gasteiger partial charge in [0.05, 0.1) is 0 Å². The molecule has 0 bridgehead atoms. The topological polar surface area (TPSA) is 3.24 Å². The number of hydrogen-bond donors (Lipinski definition) is 0. The van der Waals surface area contributed by atoms with Crippen LogP contribution in [-0.4, -0.2) is 22.6 Å². The van der Waals surface area contributed by atoms with Gasteiger partial charge in [0.1, 0.15) is 0 Å². The average molecular weight is 182 g/mol. The predicted molar refractivity (Wildman–Crippen MR) is 49.6 cm³/mol. The van der Waals surface area contributed by atoms with Crippen LogP contribution in [0.25, 0.3) is 0 Å². The van der Waals surface area contributed by atoms with E-state index in [2.05, 4.69) is 27.7 Å². The molecule has 60 valence electrons. The van der Waals surface area contributed by atoms with Gasteiger partial charge in [0.25, 0.3) is 0 Å². The molecule has 0 aromatic heterocycles. The van der Waals surface area contributed by atoms with Crippen molar-refractivity contribution in [2.24, 2.45) is 0 Å². The second-order valence-corrected chi connectivity index (χ2v) is 3.96. The molecule has 4 heteroatoms. The van der Waals surface area contributed by atoms with E-state index < -0.39 is 0 Å². The van der Waals surface area contributed by atoms with Crippen molar-refractivity contribution in [2.75, 3.05) is 0 Å². The zero-order valence-corrected chi connectivity index (χ0v) is 8.45. The molecule has 0 saturated carbocycles. The number of hydrogen-bond acceptors (Lipinski definition) is 1. The van der Waals surface area contributed by atoms with E-state index in [-0.39, 0.29) is 5.68 Å². The minimum atomic E-state index is -0.389. The van der Waals surface area contributed by atoms with Gasteiger partial charge in [-0.25, -0.2) is 0 Å². The summed E-state index contributed by atoms with van der Waals surface area (Å²) in [5, 5.41) is 0. The summed E-state index contributed by atoms with van der Waals surface area (Å²) >= 11 is 11.5. The molecule has 0 atom stereocenters. The maximum atomic E-state index is 5.73. The SMILES string of the molecule is CC(C)N(B(Cl)Cl)C(C)C. The van der Waals surface area contributed by atoms with E-state index >= 15 is 0 Å². The highest BCUT2D eigenvalue weighted by Crippen LogP contribution is 2.12. The molecule has 0 aliphatic carbocycles. The molecule has 0 heterocycles. The minimum Gasteiger partial charge on any atom is -0.310 e. The molecule has 0 radical (unpaired) electrons. The van der Waals surface area contributed by atoms with E-state index in [0.717, 1.165) is 0 Å². The van der Waals surface area contributed by atoms with Gasteiger partial charge < -0.3 is 4.81 Å². The molecule has 0 aromatic carbocycles. The first-order valence-corrected chi connectivity index (χ1v) is 4.39. The van der Waals surface area contributed by atoms with Crippen molar-refractivity contribution < 1.29 is 0 Å². The van der Waals surface area contributed by atoms with Crippen molar-refractivity contribution >= 4 is 28.6 Å². The van der Waals surface area contributed by atoms with Crippen molar-refractivity contribution in [3.05, 3.63) is 0 Å². The van der Waals surface area contributed by atoms with Gasteiger partial charge in [-0.1, -0.05) is 27.7 Å². The molecule has 10 heavy (non-hydrogen) atoms. The Morgan fingerprint density at radius 1 is 1.00 bits per heavy atom. The summed E-state index contributed by atoms with van der Waals surface area (Å²) < 4.78 is 0. The molecule has 0 aromatic rings. The molecule has 0 spiro atoms. The fourth-order valence-electron chi connectivity index (χ4n) is 1.05. The van der Waals surface area contributed by atoms with Gasteiger partial charge in [-0.15, -0.1) is 22.9 Å². The van der Waals surface area contributed by atoms with E-state index in [9.17, 15) is 0 Å². The summed E-state index contributed by atoms with van der Waals surface area (Å²) in [5.41, 5.74) is -0.389. The van der Waals surface area contributed by atoms with Gasteiger partial charge >= 0.3 is 5.68 Å². The highest BCUT2D eigenvalue weighted by molar-refractivity contribution is 7.32. The lowest BCUT2D eigenvalue weighted by Gasteiger charge is -2.29. The van der Waals surface area contributed by atoms with Gasteiger partial charge in [-0.05, 0) is 12.1 Å². The summed E-state index contributed by atoms with van der Waals surface area (Å²) in [6.45, 7) is 8.32. The summed E-state index contributed by atoms with van der Waals surface area (Å²) in [7, 11) is 0. The smallest absolute Gasteiger partial charge is 0.310 e. The third kappa shape index (κ3) is 3.13. The standard InChI is InChI=1S/C6H14BCl2N/c1-5(2)10(6(3)4)7(8)9/h5-6H,1-4H3. The van der Waals surface area contributed by atoms with Gasteiger partial charge in [0, 0.05) is 0 Å². The van der Waals surface area contributed by atoms with Crippen LogP contribution in [0.15, 0.2) is 0 Å². The second kappa shape index (κ2) is 4.48. The lowest BCUT2D eigenvalue weighted by molar-refractivity contribution is 0.314. The molecule has 0 rings (SSSR count). The van der Waals surface area contributed by atoms with Crippen molar-refractivity contribution in [2.45, 2.75) is 39.8 Å². The van der Waals surface area contributed by atoms with Crippen LogP contribution in [0.3, 0.4) is 0 Å². The summed E-state index contributed by atoms with van der Waals surface area (Å²) in [4.78, 5) is 2.03. The highest BCUT2D eigenvalue weighted by Gasteiger charge is 2.23. The molecule has 1 nitrogen and oxygen atoms in total. The molecule has 0 saturated heterocycles. The Morgan fingerprint density at radius 3 is 1.30 bits per heavy atom. The Morgan fingerprint density at radius 2 is 1.30 bits per heavy atom. The lowest BCUT2D eigenvalue weighted by Crippen LogP contribution is -2.42. The predicted octanol–water partition coefficient (Wildman–Crippen LogP) is 2.57. The van der Waals surface area contributed by atoms with Crippen molar-refractivity contribution in [3.63, 3.8) is 0 Å². The van der Waals surface area contributed by atoms with Crippen LogP contribution >= 0.6 is 22.9 Å². The first kappa shape index (κ1) is 10.6. The molecule has 0 aliphatic heterocycles. The van der Waals surface area contributed by atoms with E-state index in [1.165, 1.54) is 0 Å². The van der Waals surface area contributed by atoms with E-state index in [1.54, 1.807) is 0 Å². The average Bonchev–Trinajstić information content (AvgIpc) is 1.59. The van der Waals surface area contributed by atoms with Crippen LogP contribution in [0.4, 0.5) is 0 Å². The minimum absolute atomic E-state index is 0.389. The summed E-state index contributed by atoms with van der Waals surface area (Å²) in [5.74, 6) is 0.